The highest BCUT2D eigenvalue weighted by Crippen LogP contribution is 2.18. The fraction of sp³-hybridized carbons (Fsp3) is 0.833. The number of hydrogen-bond donors (Lipinski definition) is 3. The summed E-state index contributed by atoms with van der Waals surface area (Å²) in [5.74, 6) is -1.22. The molecular weight excluding hydrogens is 222 g/mol. The van der Waals surface area contributed by atoms with E-state index in [1.54, 1.807) is 6.92 Å². The highest BCUT2D eigenvalue weighted by molar-refractivity contribution is 5.77. The van der Waals surface area contributed by atoms with E-state index < -0.39 is 12.1 Å². The maximum Gasteiger partial charge on any atom is 0.303 e. The monoisotopic (exact) mass is 243 g/mol. The number of rotatable bonds is 5. The number of amides is 1. The van der Waals surface area contributed by atoms with Crippen LogP contribution in [0.2, 0.25) is 0 Å². The molecule has 98 valence electrons. The van der Waals surface area contributed by atoms with Gasteiger partial charge in [0.15, 0.2) is 0 Å². The van der Waals surface area contributed by atoms with Crippen LogP contribution >= 0.6 is 0 Å². The number of aliphatic hydroxyl groups excluding tert-OH is 1. The van der Waals surface area contributed by atoms with Crippen LogP contribution in [-0.2, 0) is 9.59 Å². The van der Waals surface area contributed by atoms with Crippen molar-refractivity contribution in [2.45, 2.75) is 57.6 Å². The molecule has 1 unspecified atom stereocenters. The van der Waals surface area contributed by atoms with E-state index in [4.69, 9.17) is 5.11 Å². The molecule has 0 radical (unpaired) electrons. The van der Waals surface area contributed by atoms with Gasteiger partial charge in [-0.25, -0.2) is 0 Å². The molecule has 0 bridgehead atoms. The standard InChI is InChI=1S/C12H21NO4/c1-8(7-12(16)17)6-11(15)13-9-4-2-3-5-10(9)14/h8-10,14H,2-7H2,1H3,(H,13,15)(H,16,17)/t8?,9-,10-/m1/s1. The largest absolute Gasteiger partial charge is 0.481 e. The first-order valence-corrected chi connectivity index (χ1v) is 6.18. The van der Waals surface area contributed by atoms with E-state index in [9.17, 15) is 14.7 Å². The summed E-state index contributed by atoms with van der Waals surface area (Å²) in [5.41, 5.74) is 0. The first-order chi connectivity index (χ1) is 7.99. The molecule has 0 saturated heterocycles. The fourth-order valence-electron chi connectivity index (χ4n) is 2.23. The maximum atomic E-state index is 11.6. The molecule has 1 fully saturated rings. The molecular formula is C12H21NO4. The Morgan fingerprint density at radius 3 is 2.53 bits per heavy atom. The second-order valence-electron chi connectivity index (χ2n) is 4.93. The van der Waals surface area contributed by atoms with E-state index in [1.165, 1.54) is 0 Å². The van der Waals surface area contributed by atoms with Gasteiger partial charge in [-0.1, -0.05) is 19.8 Å². The summed E-state index contributed by atoms with van der Waals surface area (Å²) in [6, 6.07) is -0.159. The normalized spacial score (nSPS) is 26.2. The molecule has 1 aliphatic rings. The lowest BCUT2D eigenvalue weighted by Gasteiger charge is -2.28. The minimum Gasteiger partial charge on any atom is -0.481 e. The van der Waals surface area contributed by atoms with Gasteiger partial charge in [0.2, 0.25) is 5.91 Å². The molecule has 3 atom stereocenters. The Labute approximate surface area is 101 Å². The summed E-state index contributed by atoms with van der Waals surface area (Å²) < 4.78 is 0. The van der Waals surface area contributed by atoms with Crippen LogP contribution in [0.3, 0.4) is 0 Å². The van der Waals surface area contributed by atoms with Crippen molar-refractivity contribution < 1.29 is 19.8 Å². The minimum absolute atomic E-state index is 0.000635. The molecule has 0 aromatic rings. The van der Waals surface area contributed by atoms with Gasteiger partial charge in [-0.3, -0.25) is 9.59 Å². The van der Waals surface area contributed by atoms with Gasteiger partial charge in [0.05, 0.1) is 12.1 Å². The Bertz CT molecular complexity index is 280. The number of aliphatic carboxylic acids is 1. The Kier molecular flexibility index (Phi) is 5.41. The van der Waals surface area contributed by atoms with Crippen molar-refractivity contribution in [1.82, 2.24) is 5.32 Å². The van der Waals surface area contributed by atoms with Crippen LogP contribution in [0.15, 0.2) is 0 Å². The number of hydrogen-bond acceptors (Lipinski definition) is 3. The third-order valence-corrected chi connectivity index (χ3v) is 3.13. The lowest BCUT2D eigenvalue weighted by atomic mass is 9.92. The smallest absolute Gasteiger partial charge is 0.303 e. The SMILES string of the molecule is CC(CC(=O)O)CC(=O)N[C@@H]1CCCC[C@H]1O. The Balaban J connectivity index is 2.30. The van der Waals surface area contributed by atoms with Gasteiger partial charge in [0.1, 0.15) is 0 Å². The number of aliphatic hydroxyl groups is 1. The first-order valence-electron chi connectivity index (χ1n) is 6.18. The van der Waals surface area contributed by atoms with E-state index in [-0.39, 0.29) is 30.7 Å². The molecule has 0 spiro atoms. The van der Waals surface area contributed by atoms with Crippen LogP contribution in [0, 0.1) is 5.92 Å². The molecule has 5 nitrogen and oxygen atoms in total. The molecule has 0 aliphatic heterocycles. The average molecular weight is 243 g/mol. The summed E-state index contributed by atoms with van der Waals surface area (Å²) in [4.78, 5) is 22.1. The van der Waals surface area contributed by atoms with Crippen molar-refractivity contribution in [2.75, 3.05) is 0 Å². The molecule has 1 aliphatic carbocycles. The van der Waals surface area contributed by atoms with E-state index in [0.717, 1.165) is 25.7 Å². The van der Waals surface area contributed by atoms with Gasteiger partial charge in [-0.05, 0) is 18.8 Å². The fourth-order valence-corrected chi connectivity index (χ4v) is 2.23. The molecule has 1 saturated carbocycles. The highest BCUT2D eigenvalue weighted by Gasteiger charge is 2.25. The minimum atomic E-state index is -0.886. The van der Waals surface area contributed by atoms with Gasteiger partial charge in [-0.15, -0.1) is 0 Å². The molecule has 1 rings (SSSR count). The van der Waals surface area contributed by atoms with Crippen molar-refractivity contribution >= 4 is 11.9 Å². The zero-order valence-electron chi connectivity index (χ0n) is 10.2. The lowest BCUT2D eigenvalue weighted by molar-refractivity contribution is -0.138. The molecule has 1 amide bonds. The number of carboxylic acid groups (broad SMARTS) is 1. The second-order valence-corrected chi connectivity index (χ2v) is 4.93. The summed E-state index contributed by atoms with van der Waals surface area (Å²) in [5, 5.41) is 21.1. The lowest BCUT2D eigenvalue weighted by Crippen LogP contribution is -2.45. The van der Waals surface area contributed by atoms with E-state index >= 15 is 0 Å². The quantitative estimate of drug-likeness (QED) is 0.669. The van der Waals surface area contributed by atoms with E-state index in [1.807, 2.05) is 0 Å². The Hall–Kier alpha value is -1.10. The van der Waals surface area contributed by atoms with E-state index in [0.29, 0.717) is 0 Å². The van der Waals surface area contributed by atoms with Gasteiger partial charge in [0.25, 0.3) is 0 Å². The zero-order valence-corrected chi connectivity index (χ0v) is 10.2. The van der Waals surface area contributed by atoms with Crippen molar-refractivity contribution in [3.8, 4) is 0 Å². The van der Waals surface area contributed by atoms with E-state index in [2.05, 4.69) is 5.32 Å². The number of carbonyl (C=O) groups excluding carboxylic acids is 1. The topological polar surface area (TPSA) is 86.6 Å². The number of nitrogens with one attached hydrogen (secondary N) is 1. The average Bonchev–Trinajstić information content (AvgIpc) is 2.19. The first kappa shape index (κ1) is 14.0. The van der Waals surface area contributed by atoms with Crippen LogP contribution in [0.1, 0.15) is 45.4 Å². The molecule has 0 heterocycles. The molecule has 0 aromatic carbocycles. The highest BCUT2D eigenvalue weighted by atomic mass is 16.4. The van der Waals surface area contributed by atoms with Gasteiger partial charge in [0, 0.05) is 12.8 Å². The maximum absolute atomic E-state index is 11.6. The molecule has 17 heavy (non-hydrogen) atoms. The molecule has 0 aromatic heterocycles. The molecule has 5 heteroatoms. The summed E-state index contributed by atoms with van der Waals surface area (Å²) in [6.45, 7) is 1.74. The van der Waals surface area contributed by atoms with Crippen molar-refractivity contribution in [2.24, 2.45) is 5.92 Å². The molecule has 3 N–H and O–H groups in total. The Morgan fingerprint density at radius 2 is 1.94 bits per heavy atom. The van der Waals surface area contributed by atoms with Crippen LogP contribution in [0.25, 0.3) is 0 Å². The van der Waals surface area contributed by atoms with Gasteiger partial charge < -0.3 is 15.5 Å². The van der Waals surface area contributed by atoms with Crippen molar-refractivity contribution in [1.29, 1.82) is 0 Å². The van der Waals surface area contributed by atoms with Crippen LogP contribution < -0.4 is 5.32 Å². The zero-order chi connectivity index (χ0) is 12.8. The predicted octanol–water partition coefficient (Wildman–Crippen LogP) is 0.907. The summed E-state index contributed by atoms with van der Waals surface area (Å²) in [7, 11) is 0. The van der Waals surface area contributed by atoms with Crippen LogP contribution in [0.5, 0.6) is 0 Å². The van der Waals surface area contributed by atoms with Gasteiger partial charge >= 0.3 is 5.97 Å². The number of carboxylic acids is 1. The second kappa shape index (κ2) is 6.59. The van der Waals surface area contributed by atoms with Gasteiger partial charge in [-0.2, -0.15) is 0 Å². The van der Waals surface area contributed by atoms with Crippen molar-refractivity contribution in [3.05, 3.63) is 0 Å². The summed E-state index contributed by atoms with van der Waals surface area (Å²) >= 11 is 0. The van der Waals surface area contributed by atoms with Crippen LogP contribution in [0.4, 0.5) is 0 Å². The van der Waals surface area contributed by atoms with Crippen molar-refractivity contribution in [3.63, 3.8) is 0 Å². The predicted molar refractivity (Wildman–Crippen MR) is 62.4 cm³/mol. The third-order valence-electron chi connectivity index (χ3n) is 3.13. The summed E-state index contributed by atoms with van der Waals surface area (Å²) in [6.07, 6.45) is 3.31. The number of carbonyl (C=O) groups is 2. The van der Waals surface area contributed by atoms with Crippen LogP contribution in [-0.4, -0.2) is 34.2 Å². The third kappa shape index (κ3) is 5.17. The Morgan fingerprint density at radius 1 is 1.29 bits per heavy atom.